The minimum Gasteiger partial charge on any atom is -0.371 e. The third kappa shape index (κ3) is 4.16. The number of carbonyl (C=O) groups is 1. The third-order valence-corrected chi connectivity index (χ3v) is 3.06. The minimum absolute atomic E-state index is 0.0658. The molecule has 1 aromatic rings. The molecule has 1 rings (SSSR count). The fourth-order valence-corrected chi connectivity index (χ4v) is 1.93. The van der Waals surface area contributed by atoms with E-state index < -0.39 is 5.82 Å². The minimum atomic E-state index is -0.592. The van der Waals surface area contributed by atoms with Crippen molar-refractivity contribution < 1.29 is 9.18 Å². The molecule has 0 aromatic carbocycles. The molecule has 0 aliphatic rings. The highest BCUT2D eigenvalue weighted by Crippen LogP contribution is 2.16. The average molecular weight is 282 g/mol. The second kappa shape index (κ2) is 7.79. The van der Waals surface area contributed by atoms with E-state index in [1.165, 1.54) is 12.3 Å². The summed E-state index contributed by atoms with van der Waals surface area (Å²) in [7, 11) is 5.55. The molecule has 0 spiro atoms. The molecule has 0 atom stereocenters. The number of hydrogen-bond acceptors (Lipinski definition) is 4. The maximum absolute atomic E-state index is 14.1. The second-order valence-electron chi connectivity index (χ2n) is 4.81. The van der Waals surface area contributed by atoms with Gasteiger partial charge in [0.2, 0.25) is 0 Å². The van der Waals surface area contributed by atoms with E-state index in [0.29, 0.717) is 13.1 Å². The molecule has 20 heavy (non-hydrogen) atoms. The van der Waals surface area contributed by atoms with Gasteiger partial charge in [-0.2, -0.15) is 0 Å². The maximum Gasteiger partial charge on any atom is 0.257 e. The smallest absolute Gasteiger partial charge is 0.257 e. The number of nitrogens with one attached hydrogen (secondary N) is 1. The van der Waals surface area contributed by atoms with Gasteiger partial charge < -0.3 is 15.1 Å². The molecule has 0 aliphatic heterocycles. The summed E-state index contributed by atoms with van der Waals surface area (Å²) in [5.74, 6) is -0.783. The molecule has 0 saturated heterocycles. The first-order valence-corrected chi connectivity index (χ1v) is 6.77. The molecular weight excluding hydrogens is 259 g/mol. The first kappa shape index (κ1) is 16.4. The van der Waals surface area contributed by atoms with E-state index in [0.717, 1.165) is 13.0 Å². The van der Waals surface area contributed by atoms with Crippen molar-refractivity contribution in [2.24, 2.45) is 0 Å². The van der Waals surface area contributed by atoms with Crippen LogP contribution >= 0.6 is 0 Å². The zero-order chi connectivity index (χ0) is 15.1. The Hall–Kier alpha value is -1.69. The Balaban J connectivity index is 2.80. The van der Waals surface area contributed by atoms with Crippen LogP contribution in [-0.4, -0.2) is 61.5 Å². The Morgan fingerprint density at radius 1 is 1.40 bits per heavy atom. The molecule has 1 aromatic heterocycles. The van der Waals surface area contributed by atoms with Crippen LogP contribution in [-0.2, 0) is 0 Å². The molecule has 0 fully saturated rings. The monoisotopic (exact) mass is 282 g/mol. The summed E-state index contributed by atoms with van der Waals surface area (Å²) in [6.45, 7) is 3.96. The van der Waals surface area contributed by atoms with Gasteiger partial charge in [0, 0.05) is 26.3 Å². The third-order valence-electron chi connectivity index (χ3n) is 3.06. The number of anilines is 1. The van der Waals surface area contributed by atoms with Crippen molar-refractivity contribution in [3.05, 3.63) is 23.6 Å². The number of halogens is 1. The highest BCUT2D eigenvalue weighted by molar-refractivity contribution is 5.95. The number of carbonyl (C=O) groups excluding carboxylic acids is 1. The molecule has 1 N–H and O–H groups in total. The van der Waals surface area contributed by atoms with Crippen molar-refractivity contribution in [1.82, 2.24) is 14.8 Å². The van der Waals surface area contributed by atoms with Crippen LogP contribution in [0.4, 0.5) is 10.2 Å². The highest BCUT2D eigenvalue weighted by atomic mass is 19.1. The van der Waals surface area contributed by atoms with Gasteiger partial charge in [-0.25, -0.2) is 9.37 Å². The summed E-state index contributed by atoms with van der Waals surface area (Å²) >= 11 is 0. The van der Waals surface area contributed by atoms with Crippen LogP contribution < -0.4 is 5.32 Å². The van der Waals surface area contributed by atoms with Crippen molar-refractivity contribution >= 4 is 11.7 Å². The number of hydrogen-bond donors (Lipinski definition) is 1. The van der Waals surface area contributed by atoms with E-state index in [4.69, 9.17) is 0 Å². The normalized spacial score (nSPS) is 10.7. The Morgan fingerprint density at radius 3 is 2.65 bits per heavy atom. The van der Waals surface area contributed by atoms with Crippen molar-refractivity contribution in [1.29, 1.82) is 0 Å². The first-order chi connectivity index (χ1) is 9.51. The fourth-order valence-electron chi connectivity index (χ4n) is 1.93. The van der Waals surface area contributed by atoms with E-state index in [-0.39, 0.29) is 17.3 Å². The lowest BCUT2D eigenvalue weighted by atomic mass is 10.2. The largest absolute Gasteiger partial charge is 0.371 e. The second-order valence-corrected chi connectivity index (χ2v) is 4.81. The fraction of sp³-hybridized carbons (Fsp3) is 0.571. The van der Waals surface area contributed by atoms with Crippen LogP contribution in [0.15, 0.2) is 12.3 Å². The molecule has 0 saturated carbocycles. The molecule has 1 heterocycles. The molecule has 5 nitrogen and oxygen atoms in total. The van der Waals surface area contributed by atoms with Gasteiger partial charge in [-0.15, -0.1) is 0 Å². The summed E-state index contributed by atoms with van der Waals surface area (Å²) in [4.78, 5) is 19.9. The lowest BCUT2D eigenvalue weighted by molar-refractivity contribution is 0.0754. The molecule has 112 valence electrons. The quantitative estimate of drug-likeness (QED) is 0.826. The standard InChI is InChI=1S/C14H23FN4O/c1-5-19(10-6-9-18(3)4)14(20)11-7-8-17-13(16-2)12(11)15/h7-8H,5-6,9-10H2,1-4H3,(H,16,17). The Morgan fingerprint density at radius 2 is 2.10 bits per heavy atom. The van der Waals surface area contributed by atoms with Crippen LogP contribution in [0.5, 0.6) is 0 Å². The topological polar surface area (TPSA) is 48.5 Å². The van der Waals surface area contributed by atoms with Crippen LogP contribution in [0.25, 0.3) is 0 Å². The van der Waals surface area contributed by atoms with Gasteiger partial charge in [-0.3, -0.25) is 4.79 Å². The number of aromatic nitrogens is 1. The predicted molar refractivity (Wildman–Crippen MR) is 78.5 cm³/mol. The van der Waals surface area contributed by atoms with Gasteiger partial charge in [-0.1, -0.05) is 0 Å². The summed E-state index contributed by atoms with van der Waals surface area (Å²) in [5.41, 5.74) is 0.0658. The van der Waals surface area contributed by atoms with Gasteiger partial charge in [0.15, 0.2) is 11.6 Å². The molecule has 0 radical (unpaired) electrons. The maximum atomic E-state index is 14.1. The number of rotatable bonds is 7. The lowest BCUT2D eigenvalue weighted by Crippen LogP contribution is -2.34. The van der Waals surface area contributed by atoms with E-state index in [2.05, 4.69) is 15.2 Å². The van der Waals surface area contributed by atoms with Crippen molar-refractivity contribution in [3.63, 3.8) is 0 Å². The van der Waals surface area contributed by atoms with Crippen molar-refractivity contribution in [2.75, 3.05) is 46.1 Å². The average Bonchev–Trinajstić information content (AvgIpc) is 2.43. The number of nitrogens with zero attached hydrogens (tertiary/aromatic N) is 3. The Labute approximate surface area is 119 Å². The van der Waals surface area contributed by atoms with Crippen LogP contribution in [0.1, 0.15) is 23.7 Å². The molecule has 0 aliphatic carbocycles. The van der Waals surface area contributed by atoms with Crippen LogP contribution in [0, 0.1) is 5.82 Å². The van der Waals surface area contributed by atoms with Crippen LogP contribution in [0.3, 0.4) is 0 Å². The number of pyridine rings is 1. The first-order valence-electron chi connectivity index (χ1n) is 6.77. The summed E-state index contributed by atoms with van der Waals surface area (Å²) in [6, 6.07) is 1.42. The van der Waals surface area contributed by atoms with Gasteiger partial charge in [0.05, 0.1) is 5.56 Å². The molecular formula is C14H23FN4O. The van der Waals surface area contributed by atoms with Crippen molar-refractivity contribution in [3.8, 4) is 0 Å². The molecule has 0 bridgehead atoms. The van der Waals surface area contributed by atoms with Crippen molar-refractivity contribution in [2.45, 2.75) is 13.3 Å². The molecule has 6 heteroatoms. The number of amides is 1. The SMILES string of the molecule is CCN(CCCN(C)C)C(=O)c1ccnc(NC)c1F. The lowest BCUT2D eigenvalue weighted by Gasteiger charge is -2.22. The van der Waals surface area contributed by atoms with Gasteiger partial charge in [0.1, 0.15) is 0 Å². The summed E-state index contributed by atoms with van der Waals surface area (Å²) in [5, 5.41) is 2.64. The van der Waals surface area contributed by atoms with E-state index in [1.807, 2.05) is 21.0 Å². The van der Waals surface area contributed by atoms with Gasteiger partial charge in [-0.05, 0) is 40.1 Å². The highest BCUT2D eigenvalue weighted by Gasteiger charge is 2.20. The zero-order valence-corrected chi connectivity index (χ0v) is 12.6. The Bertz CT molecular complexity index is 451. The van der Waals surface area contributed by atoms with E-state index in [9.17, 15) is 9.18 Å². The van der Waals surface area contributed by atoms with Gasteiger partial charge in [0.25, 0.3) is 5.91 Å². The zero-order valence-electron chi connectivity index (χ0n) is 12.6. The molecule has 1 amide bonds. The summed E-state index contributed by atoms with van der Waals surface area (Å²) < 4.78 is 14.1. The van der Waals surface area contributed by atoms with Crippen LogP contribution in [0.2, 0.25) is 0 Å². The Kier molecular flexibility index (Phi) is 6.38. The predicted octanol–water partition coefficient (Wildman–Crippen LogP) is 1.68. The van der Waals surface area contributed by atoms with E-state index >= 15 is 0 Å². The van der Waals surface area contributed by atoms with E-state index in [1.54, 1.807) is 11.9 Å². The summed E-state index contributed by atoms with van der Waals surface area (Å²) in [6.07, 6.45) is 2.30. The molecule has 0 unspecified atom stereocenters. The van der Waals surface area contributed by atoms with Gasteiger partial charge >= 0.3 is 0 Å².